The first-order valence-electron chi connectivity index (χ1n) is 4.39. The molecule has 3 nitrogen and oxygen atoms in total. The smallest absolute Gasteiger partial charge is 0.173 e. The van der Waals surface area contributed by atoms with Crippen LogP contribution in [-0.4, -0.2) is 16.5 Å². The first-order chi connectivity index (χ1) is 7.29. The van der Waals surface area contributed by atoms with Crippen LogP contribution in [0.25, 0.3) is 0 Å². The SMILES string of the molecule is COc1ccccc1Cc1nsc(I)n1. The summed E-state index contributed by atoms with van der Waals surface area (Å²) in [6, 6.07) is 7.94. The highest BCUT2D eigenvalue weighted by atomic mass is 127. The van der Waals surface area contributed by atoms with Crippen molar-refractivity contribution in [3.63, 3.8) is 0 Å². The van der Waals surface area contributed by atoms with Gasteiger partial charge in [-0.2, -0.15) is 4.37 Å². The van der Waals surface area contributed by atoms with E-state index in [9.17, 15) is 0 Å². The summed E-state index contributed by atoms with van der Waals surface area (Å²) in [5, 5.41) is 0. The zero-order valence-corrected chi connectivity index (χ0v) is 11.1. The fraction of sp³-hybridized carbons (Fsp3) is 0.200. The predicted molar refractivity (Wildman–Crippen MR) is 68.4 cm³/mol. The summed E-state index contributed by atoms with van der Waals surface area (Å²) in [7, 11) is 1.68. The van der Waals surface area contributed by atoms with Gasteiger partial charge in [-0.1, -0.05) is 18.2 Å². The molecule has 0 N–H and O–H groups in total. The zero-order chi connectivity index (χ0) is 10.7. The molecule has 0 aliphatic carbocycles. The van der Waals surface area contributed by atoms with E-state index in [1.54, 1.807) is 7.11 Å². The number of methoxy groups -OCH3 is 1. The highest BCUT2D eigenvalue weighted by molar-refractivity contribution is 14.1. The van der Waals surface area contributed by atoms with Crippen LogP contribution in [0, 0.1) is 3.01 Å². The van der Waals surface area contributed by atoms with Gasteiger partial charge in [0.15, 0.2) is 3.01 Å². The summed E-state index contributed by atoms with van der Waals surface area (Å²) >= 11 is 3.60. The van der Waals surface area contributed by atoms with Crippen LogP contribution in [0.4, 0.5) is 0 Å². The number of para-hydroxylation sites is 1. The Morgan fingerprint density at radius 1 is 1.40 bits per heavy atom. The Balaban J connectivity index is 2.23. The van der Waals surface area contributed by atoms with Gasteiger partial charge in [0, 0.05) is 12.0 Å². The highest BCUT2D eigenvalue weighted by Crippen LogP contribution is 2.20. The molecule has 78 valence electrons. The summed E-state index contributed by atoms with van der Waals surface area (Å²) in [6.07, 6.45) is 0.726. The van der Waals surface area contributed by atoms with Gasteiger partial charge in [0.2, 0.25) is 0 Å². The molecule has 5 heteroatoms. The second-order valence-electron chi connectivity index (χ2n) is 2.95. The summed E-state index contributed by atoms with van der Waals surface area (Å²) in [6.45, 7) is 0. The average Bonchev–Trinajstić information content (AvgIpc) is 2.65. The van der Waals surface area contributed by atoms with Crippen LogP contribution in [-0.2, 0) is 6.42 Å². The van der Waals surface area contributed by atoms with Gasteiger partial charge in [0.1, 0.15) is 11.6 Å². The molecular weight excluding hydrogens is 323 g/mol. The molecule has 0 amide bonds. The number of ether oxygens (including phenoxy) is 1. The normalized spacial score (nSPS) is 10.3. The summed E-state index contributed by atoms with van der Waals surface area (Å²) in [4.78, 5) is 4.32. The van der Waals surface area contributed by atoms with E-state index in [4.69, 9.17) is 4.74 Å². The lowest BCUT2D eigenvalue weighted by molar-refractivity contribution is 0.410. The lowest BCUT2D eigenvalue weighted by Gasteiger charge is -2.05. The molecule has 0 aliphatic heterocycles. The van der Waals surface area contributed by atoms with Crippen LogP contribution in [0.2, 0.25) is 0 Å². The number of rotatable bonds is 3. The Bertz CT molecular complexity index is 458. The van der Waals surface area contributed by atoms with Crippen molar-refractivity contribution in [1.29, 1.82) is 0 Å². The number of halogens is 1. The molecule has 15 heavy (non-hydrogen) atoms. The number of aromatic nitrogens is 2. The number of hydrogen-bond donors (Lipinski definition) is 0. The van der Waals surface area contributed by atoms with Crippen LogP contribution in [0.15, 0.2) is 24.3 Å². The maximum absolute atomic E-state index is 5.27. The second kappa shape index (κ2) is 4.89. The monoisotopic (exact) mass is 332 g/mol. The van der Waals surface area contributed by atoms with Crippen LogP contribution >= 0.6 is 34.1 Å². The van der Waals surface area contributed by atoms with E-state index in [0.29, 0.717) is 0 Å². The first kappa shape index (κ1) is 10.8. The van der Waals surface area contributed by atoms with Gasteiger partial charge in [-0.25, -0.2) is 4.98 Å². The molecule has 0 aliphatic rings. The average molecular weight is 332 g/mol. The number of hydrogen-bond acceptors (Lipinski definition) is 4. The van der Waals surface area contributed by atoms with Crippen molar-refractivity contribution in [2.45, 2.75) is 6.42 Å². The third-order valence-electron chi connectivity index (χ3n) is 1.98. The molecule has 0 saturated heterocycles. The van der Waals surface area contributed by atoms with Crippen molar-refractivity contribution in [3.05, 3.63) is 38.7 Å². The first-order valence-corrected chi connectivity index (χ1v) is 6.25. The fourth-order valence-electron chi connectivity index (χ4n) is 1.32. The van der Waals surface area contributed by atoms with E-state index in [1.165, 1.54) is 11.5 Å². The lowest BCUT2D eigenvalue weighted by Crippen LogP contribution is -1.94. The van der Waals surface area contributed by atoms with Crippen molar-refractivity contribution in [1.82, 2.24) is 9.36 Å². The van der Waals surface area contributed by atoms with Gasteiger partial charge in [-0.05, 0) is 40.2 Å². The highest BCUT2D eigenvalue weighted by Gasteiger charge is 2.06. The standard InChI is InChI=1S/C10H9IN2OS/c1-14-8-5-3-2-4-7(8)6-9-12-10(11)15-13-9/h2-5H,6H2,1H3. The van der Waals surface area contributed by atoms with Crippen molar-refractivity contribution in [2.24, 2.45) is 0 Å². The number of benzene rings is 1. The molecule has 0 saturated carbocycles. The Hall–Kier alpha value is -0.690. The maximum atomic E-state index is 5.27. The molecule has 2 rings (SSSR count). The van der Waals surface area contributed by atoms with Crippen molar-refractivity contribution >= 4 is 34.1 Å². The third kappa shape index (κ3) is 2.66. The molecule has 2 aromatic rings. The van der Waals surface area contributed by atoms with Gasteiger partial charge in [-0.3, -0.25) is 0 Å². The molecule has 1 heterocycles. The van der Waals surface area contributed by atoms with Gasteiger partial charge in [0.05, 0.1) is 7.11 Å². The van der Waals surface area contributed by atoms with Crippen LogP contribution in [0.5, 0.6) is 5.75 Å². The Morgan fingerprint density at radius 2 is 2.20 bits per heavy atom. The Labute approximate surface area is 106 Å². The van der Waals surface area contributed by atoms with E-state index >= 15 is 0 Å². The van der Waals surface area contributed by atoms with Crippen molar-refractivity contribution in [3.8, 4) is 5.75 Å². The van der Waals surface area contributed by atoms with Crippen LogP contribution in [0.1, 0.15) is 11.4 Å². The molecule has 0 atom stereocenters. The van der Waals surface area contributed by atoms with Crippen LogP contribution < -0.4 is 4.74 Å². The predicted octanol–water partition coefficient (Wildman–Crippen LogP) is 2.74. The third-order valence-corrected chi connectivity index (χ3v) is 3.36. The Morgan fingerprint density at radius 3 is 2.87 bits per heavy atom. The van der Waals surface area contributed by atoms with Crippen molar-refractivity contribution in [2.75, 3.05) is 7.11 Å². The molecule has 0 spiro atoms. The van der Waals surface area contributed by atoms with Crippen molar-refractivity contribution < 1.29 is 4.74 Å². The van der Waals surface area contributed by atoms with Crippen LogP contribution in [0.3, 0.4) is 0 Å². The molecule has 0 radical (unpaired) electrons. The molecule has 1 aromatic heterocycles. The van der Waals surface area contributed by atoms with E-state index in [0.717, 1.165) is 26.6 Å². The minimum atomic E-state index is 0.726. The fourth-order valence-corrected chi connectivity index (χ4v) is 2.33. The minimum Gasteiger partial charge on any atom is -0.496 e. The summed E-state index contributed by atoms with van der Waals surface area (Å²) in [5.41, 5.74) is 1.12. The van der Waals surface area contributed by atoms with E-state index < -0.39 is 0 Å². The van der Waals surface area contributed by atoms with Gasteiger partial charge < -0.3 is 4.74 Å². The molecule has 0 bridgehead atoms. The maximum Gasteiger partial charge on any atom is 0.173 e. The topological polar surface area (TPSA) is 35.0 Å². The zero-order valence-electron chi connectivity index (χ0n) is 8.11. The lowest BCUT2D eigenvalue weighted by atomic mass is 10.1. The quantitative estimate of drug-likeness (QED) is 0.811. The molecule has 0 unspecified atom stereocenters. The second-order valence-corrected chi connectivity index (χ2v) is 5.46. The largest absolute Gasteiger partial charge is 0.496 e. The van der Waals surface area contributed by atoms with E-state index in [2.05, 4.69) is 31.9 Å². The van der Waals surface area contributed by atoms with Gasteiger partial charge in [0.25, 0.3) is 0 Å². The molecule has 0 fully saturated rings. The van der Waals surface area contributed by atoms with Gasteiger partial charge in [-0.15, -0.1) is 0 Å². The van der Waals surface area contributed by atoms with E-state index in [1.807, 2.05) is 24.3 Å². The summed E-state index contributed by atoms with van der Waals surface area (Å²) < 4.78 is 10.5. The molecular formula is C10H9IN2OS. The van der Waals surface area contributed by atoms with Gasteiger partial charge >= 0.3 is 0 Å². The Kier molecular flexibility index (Phi) is 3.53. The number of nitrogens with zero attached hydrogens (tertiary/aromatic N) is 2. The summed E-state index contributed by atoms with van der Waals surface area (Å²) in [5.74, 6) is 1.75. The van der Waals surface area contributed by atoms with E-state index in [-0.39, 0.29) is 0 Å². The minimum absolute atomic E-state index is 0.726. The molecule has 1 aromatic carbocycles.